The summed E-state index contributed by atoms with van der Waals surface area (Å²) < 4.78 is 25.6. The number of sulfonamides is 1. The second-order valence-corrected chi connectivity index (χ2v) is 8.73. The van der Waals surface area contributed by atoms with E-state index in [0.717, 1.165) is 10.6 Å². The van der Waals surface area contributed by atoms with Gasteiger partial charge in [0.1, 0.15) is 6.04 Å². The van der Waals surface area contributed by atoms with Gasteiger partial charge in [0.2, 0.25) is 15.9 Å². The molecular formula is C17H17Cl2N3O5S. The number of halogens is 2. The summed E-state index contributed by atoms with van der Waals surface area (Å²) in [4.78, 5) is 23.2. The minimum absolute atomic E-state index is 0.0510. The van der Waals surface area contributed by atoms with Crippen molar-refractivity contribution in [3.05, 3.63) is 62.1 Å². The van der Waals surface area contributed by atoms with E-state index in [4.69, 9.17) is 23.2 Å². The van der Waals surface area contributed by atoms with Crippen molar-refractivity contribution in [2.45, 2.75) is 19.9 Å². The van der Waals surface area contributed by atoms with Gasteiger partial charge in [-0.05, 0) is 38.1 Å². The highest BCUT2D eigenvalue weighted by atomic mass is 35.5. The number of amides is 1. The van der Waals surface area contributed by atoms with Gasteiger partial charge in [0.15, 0.2) is 0 Å². The van der Waals surface area contributed by atoms with Gasteiger partial charge in [0.25, 0.3) is 5.69 Å². The molecule has 28 heavy (non-hydrogen) atoms. The Labute approximate surface area is 172 Å². The Kier molecular flexibility index (Phi) is 6.53. The maximum absolute atomic E-state index is 12.7. The highest BCUT2D eigenvalue weighted by molar-refractivity contribution is 7.92. The smallest absolute Gasteiger partial charge is 0.274 e. The first kappa shape index (κ1) is 21.9. The molecule has 1 unspecified atom stereocenters. The fourth-order valence-electron chi connectivity index (χ4n) is 2.63. The van der Waals surface area contributed by atoms with Crippen LogP contribution in [-0.4, -0.2) is 31.5 Å². The third kappa shape index (κ3) is 4.73. The van der Waals surface area contributed by atoms with Gasteiger partial charge >= 0.3 is 0 Å². The molecule has 2 rings (SSSR count). The largest absolute Gasteiger partial charge is 0.324 e. The maximum atomic E-state index is 12.7. The minimum Gasteiger partial charge on any atom is -0.324 e. The standard InChI is InChI=1S/C17H17Cl2N3O5S/c1-10-14(5-4-6-15(10)22(24)25)20-17(23)11(2)21(28(3,26)27)16-9-12(18)7-8-13(16)19/h4-9,11H,1-3H3,(H,20,23). The molecule has 0 saturated heterocycles. The first-order valence-electron chi connectivity index (χ1n) is 7.92. The van der Waals surface area contributed by atoms with Crippen molar-refractivity contribution in [1.29, 1.82) is 0 Å². The van der Waals surface area contributed by atoms with Gasteiger partial charge in [-0.2, -0.15) is 0 Å². The Bertz CT molecular complexity index is 1040. The Balaban J connectivity index is 2.42. The van der Waals surface area contributed by atoms with E-state index in [1.54, 1.807) is 0 Å². The van der Waals surface area contributed by atoms with E-state index in [1.165, 1.54) is 50.2 Å². The summed E-state index contributed by atoms with van der Waals surface area (Å²) in [5.74, 6) is -0.690. The number of anilines is 2. The second-order valence-electron chi connectivity index (χ2n) is 6.03. The molecule has 8 nitrogen and oxygen atoms in total. The van der Waals surface area contributed by atoms with Crippen LogP contribution >= 0.6 is 23.2 Å². The average Bonchev–Trinajstić information content (AvgIpc) is 2.58. The number of nitro benzene ring substituents is 1. The third-order valence-electron chi connectivity index (χ3n) is 3.99. The van der Waals surface area contributed by atoms with Crippen molar-refractivity contribution in [2.75, 3.05) is 15.9 Å². The molecule has 0 bridgehead atoms. The number of benzene rings is 2. The molecule has 0 aliphatic carbocycles. The summed E-state index contributed by atoms with van der Waals surface area (Å²) in [6.07, 6.45) is 0.937. The predicted octanol–water partition coefficient (Wildman–Crippen LogP) is 4.00. The molecule has 0 aromatic heterocycles. The molecule has 0 radical (unpaired) electrons. The first-order chi connectivity index (χ1) is 12.9. The van der Waals surface area contributed by atoms with Crippen molar-refractivity contribution in [2.24, 2.45) is 0 Å². The Morgan fingerprint density at radius 3 is 2.46 bits per heavy atom. The molecule has 1 amide bonds. The third-order valence-corrected chi connectivity index (χ3v) is 5.78. The van der Waals surface area contributed by atoms with Crippen LogP contribution < -0.4 is 9.62 Å². The van der Waals surface area contributed by atoms with Crippen molar-refractivity contribution in [3.63, 3.8) is 0 Å². The van der Waals surface area contributed by atoms with Crippen LogP contribution in [0, 0.1) is 17.0 Å². The Morgan fingerprint density at radius 2 is 1.89 bits per heavy atom. The van der Waals surface area contributed by atoms with Crippen LogP contribution in [0.4, 0.5) is 17.1 Å². The lowest BCUT2D eigenvalue weighted by atomic mass is 10.1. The topological polar surface area (TPSA) is 110 Å². The van der Waals surface area contributed by atoms with Crippen LogP contribution in [-0.2, 0) is 14.8 Å². The zero-order chi connectivity index (χ0) is 21.2. The molecule has 1 atom stereocenters. The molecule has 0 fully saturated rings. The quantitative estimate of drug-likeness (QED) is 0.533. The zero-order valence-electron chi connectivity index (χ0n) is 15.1. The summed E-state index contributed by atoms with van der Waals surface area (Å²) in [5.41, 5.74) is 0.342. The highest BCUT2D eigenvalue weighted by Gasteiger charge is 2.31. The SMILES string of the molecule is Cc1c(NC(=O)C(C)N(c2cc(Cl)ccc2Cl)S(C)(=O)=O)cccc1[N+](=O)[O-]. The van der Waals surface area contributed by atoms with Gasteiger partial charge < -0.3 is 5.32 Å². The molecule has 0 aliphatic rings. The monoisotopic (exact) mass is 445 g/mol. The summed E-state index contributed by atoms with van der Waals surface area (Å²) in [6.45, 7) is 2.86. The summed E-state index contributed by atoms with van der Waals surface area (Å²) in [6, 6.07) is 7.27. The molecule has 2 aromatic carbocycles. The Hall–Kier alpha value is -2.36. The lowest BCUT2D eigenvalue weighted by Crippen LogP contribution is -2.45. The number of nitro groups is 1. The molecule has 0 heterocycles. The number of hydrogen-bond acceptors (Lipinski definition) is 5. The fraction of sp³-hybridized carbons (Fsp3) is 0.235. The van der Waals surface area contributed by atoms with Crippen LogP contribution in [0.3, 0.4) is 0 Å². The molecule has 11 heteroatoms. The lowest BCUT2D eigenvalue weighted by molar-refractivity contribution is -0.385. The first-order valence-corrected chi connectivity index (χ1v) is 10.5. The predicted molar refractivity (Wildman–Crippen MR) is 110 cm³/mol. The highest BCUT2D eigenvalue weighted by Crippen LogP contribution is 2.33. The van der Waals surface area contributed by atoms with Crippen LogP contribution in [0.25, 0.3) is 0 Å². The van der Waals surface area contributed by atoms with Crippen LogP contribution in [0.1, 0.15) is 12.5 Å². The van der Waals surface area contributed by atoms with Gasteiger partial charge in [-0.3, -0.25) is 19.2 Å². The van der Waals surface area contributed by atoms with Crippen molar-refractivity contribution < 1.29 is 18.1 Å². The average molecular weight is 446 g/mol. The van der Waals surface area contributed by atoms with Gasteiger partial charge in [0, 0.05) is 11.1 Å². The number of nitrogens with zero attached hydrogens (tertiary/aromatic N) is 2. The van der Waals surface area contributed by atoms with E-state index in [9.17, 15) is 23.3 Å². The van der Waals surface area contributed by atoms with Crippen molar-refractivity contribution in [3.8, 4) is 0 Å². The van der Waals surface area contributed by atoms with Crippen LogP contribution in [0.15, 0.2) is 36.4 Å². The Morgan fingerprint density at radius 1 is 1.25 bits per heavy atom. The van der Waals surface area contributed by atoms with E-state index >= 15 is 0 Å². The van der Waals surface area contributed by atoms with Crippen LogP contribution in [0.2, 0.25) is 10.0 Å². The molecule has 0 spiro atoms. The number of hydrogen-bond donors (Lipinski definition) is 1. The molecule has 0 aliphatic heterocycles. The van der Waals surface area contributed by atoms with Crippen molar-refractivity contribution in [1.82, 2.24) is 0 Å². The zero-order valence-corrected chi connectivity index (χ0v) is 17.5. The van der Waals surface area contributed by atoms with E-state index in [2.05, 4.69) is 5.32 Å². The number of nitrogens with one attached hydrogen (secondary N) is 1. The molecule has 0 saturated carbocycles. The van der Waals surface area contributed by atoms with Crippen LogP contribution in [0.5, 0.6) is 0 Å². The van der Waals surface area contributed by atoms with E-state index < -0.39 is 26.9 Å². The van der Waals surface area contributed by atoms with E-state index in [0.29, 0.717) is 0 Å². The van der Waals surface area contributed by atoms with Gasteiger partial charge in [-0.25, -0.2) is 8.42 Å². The van der Waals surface area contributed by atoms with Crippen molar-refractivity contribution >= 4 is 56.2 Å². The van der Waals surface area contributed by atoms with E-state index in [-0.39, 0.29) is 32.7 Å². The minimum atomic E-state index is -3.90. The molecular weight excluding hydrogens is 429 g/mol. The summed E-state index contributed by atoms with van der Waals surface area (Å²) >= 11 is 12.1. The molecule has 150 valence electrons. The number of rotatable bonds is 6. The maximum Gasteiger partial charge on any atom is 0.274 e. The summed E-state index contributed by atoms with van der Waals surface area (Å²) in [5, 5.41) is 13.9. The number of carbonyl (C=O) groups is 1. The summed E-state index contributed by atoms with van der Waals surface area (Å²) in [7, 11) is -3.90. The van der Waals surface area contributed by atoms with Gasteiger partial charge in [0.05, 0.1) is 33.1 Å². The molecule has 1 N–H and O–H groups in total. The van der Waals surface area contributed by atoms with Gasteiger partial charge in [-0.1, -0.05) is 29.3 Å². The fourth-order valence-corrected chi connectivity index (χ4v) is 4.23. The normalized spacial score (nSPS) is 12.3. The van der Waals surface area contributed by atoms with E-state index in [1.807, 2.05) is 0 Å². The second kappa shape index (κ2) is 8.34. The lowest BCUT2D eigenvalue weighted by Gasteiger charge is -2.29. The number of carbonyl (C=O) groups excluding carboxylic acids is 1. The molecule has 2 aromatic rings. The van der Waals surface area contributed by atoms with Gasteiger partial charge in [-0.15, -0.1) is 0 Å².